The Bertz CT molecular complexity index is 1690. The third-order valence-corrected chi connectivity index (χ3v) is 6.13. The Hall–Kier alpha value is -4.30. The van der Waals surface area contributed by atoms with Gasteiger partial charge in [0.15, 0.2) is 11.6 Å². The van der Waals surface area contributed by atoms with E-state index in [1.807, 2.05) is 84.9 Å². The van der Waals surface area contributed by atoms with E-state index in [1.54, 1.807) is 0 Å². The SMILES string of the molecule is O=c1/c(=C/c2ccc3noc(-c4ccccc4)c3c2)sc2nc(COc3ccccc3)nn12. The molecule has 0 aliphatic heterocycles. The predicted molar refractivity (Wildman–Crippen MR) is 126 cm³/mol. The molecule has 8 heteroatoms. The molecule has 0 atom stereocenters. The van der Waals surface area contributed by atoms with Gasteiger partial charge in [-0.25, -0.2) is 0 Å². The van der Waals surface area contributed by atoms with E-state index in [2.05, 4.69) is 15.2 Å². The number of benzene rings is 3. The number of aromatic nitrogens is 4. The molecule has 0 bridgehead atoms. The zero-order valence-corrected chi connectivity index (χ0v) is 18.0. The van der Waals surface area contributed by atoms with Crippen LogP contribution in [0.1, 0.15) is 11.4 Å². The van der Waals surface area contributed by atoms with E-state index < -0.39 is 0 Å². The van der Waals surface area contributed by atoms with Gasteiger partial charge in [0.05, 0.1) is 9.92 Å². The molecule has 0 spiro atoms. The molecule has 0 N–H and O–H groups in total. The molecule has 0 aliphatic carbocycles. The lowest BCUT2D eigenvalue weighted by Crippen LogP contribution is -2.23. The minimum absolute atomic E-state index is 0.198. The van der Waals surface area contributed by atoms with Gasteiger partial charge in [-0.3, -0.25) is 4.79 Å². The summed E-state index contributed by atoms with van der Waals surface area (Å²) in [5, 5.41) is 9.36. The van der Waals surface area contributed by atoms with Crippen LogP contribution in [0, 0.1) is 0 Å². The number of hydrogen-bond donors (Lipinski definition) is 0. The van der Waals surface area contributed by atoms with Gasteiger partial charge in [-0.15, -0.1) is 5.10 Å². The molecule has 3 aromatic carbocycles. The van der Waals surface area contributed by atoms with Crippen LogP contribution in [0.4, 0.5) is 0 Å². The maximum Gasteiger partial charge on any atom is 0.291 e. The normalized spacial score (nSPS) is 12.1. The van der Waals surface area contributed by atoms with E-state index in [9.17, 15) is 4.79 Å². The number of hydrogen-bond acceptors (Lipinski definition) is 7. The van der Waals surface area contributed by atoms with E-state index in [-0.39, 0.29) is 12.2 Å². The molecule has 0 radical (unpaired) electrons. The number of nitrogens with zero attached hydrogens (tertiary/aromatic N) is 4. The van der Waals surface area contributed by atoms with Crippen LogP contribution in [0.5, 0.6) is 5.75 Å². The quantitative estimate of drug-likeness (QED) is 0.392. The van der Waals surface area contributed by atoms with Crippen molar-refractivity contribution in [1.29, 1.82) is 0 Å². The molecule has 33 heavy (non-hydrogen) atoms. The van der Waals surface area contributed by atoms with Crippen molar-refractivity contribution in [3.63, 3.8) is 0 Å². The Morgan fingerprint density at radius 3 is 2.58 bits per heavy atom. The van der Waals surface area contributed by atoms with Crippen molar-refractivity contribution < 1.29 is 9.26 Å². The number of thiazole rings is 1. The van der Waals surface area contributed by atoms with Crippen LogP contribution in [0.3, 0.4) is 0 Å². The summed E-state index contributed by atoms with van der Waals surface area (Å²) in [6, 6.07) is 25.0. The van der Waals surface area contributed by atoms with Crippen LogP contribution < -0.4 is 14.8 Å². The summed E-state index contributed by atoms with van der Waals surface area (Å²) in [6.07, 6.45) is 1.84. The third-order valence-electron chi connectivity index (χ3n) is 5.17. The van der Waals surface area contributed by atoms with Gasteiger partial charge in [0.1, 0.15) is 17.9 Å². The number of rotatable bonds is 5. The largest absolute Gasteiger partial charge is 0.486 e. The van der Waals surface area contributed by atoms with Crippen molar-refractivity contribution in [3.8, 4) is 17.1 Å². The molecule has 0 fully saturated rings. The Morgan fingerprint density at radius 1 is 1.00 bits per heavy atom. The Labute approximate surface area is 191 Å². The molecular formula is C25H16N4O3S. The van der Waals surface area contributed by atoms with Gasteiger partial charge >= 0.3 is 0 Å². The van der Waals surface area contributed by atoms with Gasteiger partial charge in [0.25, 0.3) is 5.56 Å². The molecule has 3 aromatic heterocycles. The zero-order valence-electron chi connectivity index (χ0n) is 17.2. The van der Waals surface area contributed by atoms with Crippen molar-refractivity contribution >= 4 is 33.3 Å². The summed E-state index contributed by atoms with van der Waals surface area (Å²) in [6.45, 7) is 0.198. The first kappa shape index (κ1) is 19.4. The summed E-state index contributed by atoms with van der Waals surface area (Å²) in [5.74, 6) is 1.90. The Morgan fingerprint density at radius 2 is 1.79 bits per heavy atom. The van der Waals surface area contributed by atoms with Gasteiger partial charge in [-0.05, 0) is 35.9 Å². The van der Waals surface area contributed by atoms with Crippen LogP contribution in [-0.2, 0) is 6.61 Å². The smallest absolute Gasteiger partial charge is 0.291 e. The Kier molecular flexibility index (Phi) is 4.70. The maximum atomic E-state index is 12.9. The van der Waals surface area contributed by atoms with E-state index in [0.717, 1.165) is 27.8 Å². The van der Waals surface area contributed by atoms with Crippen LogP contribution >= 0.6 is 11.3 Å². The highest BCUT2D eigenvalue weighted by atomic mass is 32.1. The van der Waals surface area contributed by atoms with Gasteiger partial charge < -0.3 is 9.26 Å². The lowest BCUT2D eigenvalue weighted by Gasteiger charge is -2.01. The van der Waals surface area contributed by atoms with Crippen molar-refractivity contribution in [2.75, 3.05) is 0 Å². The van der Waals surface area contributed by atoms with Gasteiger partial charge in [0.2, 0.25) is 4.96 Å². The minimum Gasteiger partial charge on any atom is -0.486 e. The van der Waals surface area contributed by atoms with E-state index >= 15 is 0 Å². The first-order chi connectivity index (χ1) is 16.2. The first-order valence-corrected chi connectivity index (χ1v) is 11.1. The lowest BCUT2D eigenvalue weighted by atomic mass is 10.1. The van der Waals surface area contributed by atoms with Crippen molar-refractivity contribution in [3.05, 3.63) is 105 Å². The number of ether oxygens (including phenoxy) is 1. The molecule has 0 amide bonds. The molecule has 0 aliphatic rings. The topological polar surface area (TPSA) is 82.5 Å². The van der Waals surface area contributed by atoms with Gasteiger partial charge in [0, 0.05) is 5.56 Å². The molecule has 6 aromatic rings. The predicted octanol–water partition coefficient (Wildman–Crippen LogP) is 4.09. The highest BCUT2D eigenvalue weighted by Gasteiger charge is 2.13. The fraction of sp³-hybridized carbons (Fsp3) is 0.0400. The average Bonchev–Trinajstić information content (AvgIpc) is 3.53. The second-order valence-corrected chi connectivity index (χ2v) is 8.40. The highest BCUT2D eigenvalue weighted by molar-refractivity contribution is 7.15. The number of fused-ring (bicyclic) bond motifs is 2. The zero-order chi connectivity index (χ0) is 22.2. The Balaban J connectivity index is 1.33. The average molecular weight is 452 g/mol. The second-order valence-electron chi connectivity index (χ2n) is 7.39. The second kappa shape index (κ2) is 7.99. The summed E-state index contributed by atoms with van der Waals surface area (Å²) in [4.78, 5) is 17.9. The van der Waals surface area contributed by atoms with Crippen LogP contribution in [-0.4, -0.2) is 19.8 Å². The monoisotopic (exact) mass is 452 g/mol. The molecular weight excluding hydrogens is 436 g/mol. The van der Waals surface area contributed by atoms with Gasteiger partial charge in [-0.1, -0.05) is 71.1 Å². The summed E-state index contributed by atoms with van der Waals surface area (Å²) >= 11 is 1.30. The van der Waals surface area contributed by atoms with Crippen LogP contribution in [0.25, 0.3) is 33.3 Å². The third kappa shape index (κ3) is 3.66. The van der Waals surface area contributed by atoms with Crippen LogP contribution in [0.15, 0.2) is 88.2 Å². The van der Waals surface area contributed by atoms with Crippen molar-refractivity contribution in [2.45, 2.75) is 6.61 Å². The van der Waals surface area contributed by atoms with Crippen molar-refractivity contribution in [1.82, 2.24) is 19.8 Å². The fourth-order valence-electron chi connectivity index (χ4n) is 3.60. The van der Waals surface area contributed by atoms with Crippen LogP contribution in [0.2, 0.25) is 0 Å². The lowest BCUT2D eigenvalue weighted by molar-refractivity contribution is 0.296. The first-order valence-electron chi connectivity index (χ1n) is 10.3. The van der Waals surface area contributed by atoms with Gasteiger partial charge in [-0.2, -0.15) is 9.50 Å². The van der Waals surface area contributed by atoms with E-state index in [1.165, 1.54) is 15.9 Å². The standard InChI is InChI=1S/C25H16N4O3S/c30-24-21(33-25-26-22(27-29(24)25)15-31-18-9-5-2-6-10-18)14-16-11-12-20-19(13-16)23(32-28-20)17-7-3-1-4-8-17/h1-14H,15H2/b21-14-. The summed E-state index contributed by atoms with van der Waals surface area (Å²) in [7, 11) is 0. The summed E-state index contributed by atoms with van der Waals surface area (Å²) in [5.41, 5.74) is 2.38. The molecule has 3 heterocycles. The fourth-order valence-corrected chi connectivity index (χ4v) is 4.52. The van der Waals surface area contributed by atoms with E-state index in [0.29, 0.717) is 21.1 Å². The molecule has 0 saturated carbocycles. The van der Waals surface area contributed by atoms with E-state index in [4.69, 9.17) is 9.26 Å². The molecule has 7 nitrogen and oxygen atoms in total. The highest BCUT2D eigenvalue weighted by Crippen LogP contribution is 2.29. The molecule has 160 valence electrons. The number of para-hydroxylation sites is 1. The van der Waals surface area contributed by atoms with Crippen molar-refractivity contribution in [2.24, 2.45) is 0 Å². The molecule has 6 rings (SSSR count). The maximum absolute atomic E-state index is 12.9. The molecule has 0 saturated heterocycles. The summed E-state index contributed by atoms with van der Waals surface area (Å²) < 4.78 is 13.1. The minimum atomic E-state index is -0.206. The molecule has 0 unspecified atom stereocenters.